The van der Waals surface area contributed by atoms with Gasteiger partial charge in [0.15, 0.2) is 5.13 Å². The number of fused-ring (bicyclic) bond motifs is 2. The number of anilines is 1. The van der Waals surface area contributed by atoms with Gasteiger partial charge in [0.25, 0.3) is 0 Å². The fourth-order valence-corrected chi connectivity index (χ4v) is 8.35. The minimum absolute atomic E-state index is 0.000250. The van der Waals surface area contributed by atoms with Crippen LogP contribution in [-0.2, 0) is 20.8 Å². The molecule has 8 nitrogen and oxygen atoms in total. The topological polar surface area (TPSA) is 103 Å². The monoisotopic (exact) mass is 530 g/mol. The van der Waals surface area contributed by atoms with Gasteiger partial charge < -0.3 is 20.2 Å². The van der Waals surface area contributed by atoms with Crippen LogP contribution < -0.4 is 5.32 Å². The highest BCUT2D eigenvalue weighted by atomic mass is 32.1. The average molecular weight is 531 g/mol. The number of hydrogen-bond acceptors (Lipinski definition) is 6. The van der Waals surface area contributed by atoms with E-state index >= 15 is 0 Å². The second-order valence-electron chi connectivity index (χ2n) is 11.7. The SMILES string of the molecule is C=CCN(C)C(=O)[C@@H](C)[C@H]1CC[C@@]2(C)Cc3sc(NC(=O)C4CCN(C(C)=O)CC4)nc3[C@@H](C)[C@@H]2[C@H]1O. The van der Waals surface area contributed by atoms with Crippen LogP contribution in [-0.4, -0.2) is 70.4 Å². The fourth-order valence-electron chi connectivity index (χ4n) is 7.08. The molecule has 0 spiro atoms. The lowest BCUT2D eigenvalue weighted by Gasteiger charge is -2.53. The summed E-state index contributed by atoms with van der Waals surface area (Å²) in [6, 6.07) is 0. The number of aromatic nitrogens is 1. The first-order valence-electron chi connectivity index (χ1n) is 13.6. The van der Waals surface area contributed by atoms with Crippen molar-refractivity contribution < 1.29 is 19.5 Å². The first-order valence-corrected chi connectivity index (χ1v) is 14.4. The van der Waals surface area contributed by atoms with Gasteiger partial charge in [-0.25, -0.2) is 4.98 Å². The van der Waals surface area contributed by atoms with Gasteiger partial charge in [-0.1, -0.05) is 26.8 Å². The molecule has 2 N–H and O–H groups in total. The Morgan fingerprint density at radius 3 is 2.62 bits per heavy atom. The predicted molar refractivity (Wildman–Crippen MR) is 145 cm³/mol. The standard InChI is InChI=1S/C28H42N4O4S/c1-7-12-31(6)26(36)16(2)20-8-11-28(5)15-21-23(17(3)22(28)24(20)34)29-27(37-21)30-25(35)19-9-13-32(14-10-19)18(4)33/h7,16-17,19-20,22,24,34H,1,8-15H2,2-6H3,(H,29,30,35)/t16-,17-,20+,22+,24-,28-/m0/s1. The summed E-state index contributed by atoms with van der Waals surface area (Å²) in [4.78, 5) is 47.0. The Morgan fingerprint density at radius 2 is 2.00 bits per heavy atom. The van der Waals surface area contributed by atoms with E-state index in [-0.39, 0.29) is 52.7 Å². The van der Waals surface area contributed by atoms with Crippen molar-refractivity contribution >= 4 is 34.2 Å². The summed E-state index contributed by atoms with van der Waals surface area (Å²) in [6.45, 7) is 13.3. The molecule has 9 heteroatoms. The van der Waals surface area contributed by atoms with Crippen LogP contribution in [0.2, 0.25) is 0 Å². The van der Waals surface area contributed by atoms with Crippen molar-refractivity contribution in [1.29, 1.82) is 0 Å². The van der Waals surface area contributed by atoms with Crippen LogP contribution in [0.25, 0.3) is 0 Å². The summed E-state index contributed by atoms with van der Waals surface area (Å²) < 4.78 is 0. The van der Waals surface area contributed by atoms with Crippen molar-refractivity contribution in [3.05, 3.63) is 23.2 Å². The molecule has 2 fully saturated rings. The van der Waals surface area contributed by atoms with E-state index in [9.17, 15) is 19.5 Å². The van der Waals surface area contributed by atoms with Gasteiger partial charge in [-0.05, 0) is 49.4 Å². The quantitative estimate of drug-likeness (QED) is 0.547. The second kappa shape index (κ2) is 10.8. The van der Waals surface area contributed by atoms with Crippen molar-refractivity contribution in [3.63, 3.8) is 0 Å². The summed E-state index contributed by atoms with van der Waals surface area (Å²) in [6.07, 6.45) is 5.04. The molecule has 0 bridgehead atoms. The summed E-state index contributed by atoms with van der Waals surface area (Å²) in [5, 5.41) is 15.3. The number of nitrogens with zero attached hydrogens (tertiary/aromatic N) is 3. The highest BCUT2D eigenvalue weighted by molar-refractivity contribution is 7.15. The molecule has 4 rings (SSSR count). The molecular weight excluding hydrogens is 488 g/mol. The van der Waals surface area contributed by atoms with E-state index in [1.807, 2.05) is 6.92 Å². The van der Waals surface area contributed by atoms with Gasteiger partial charge in [0.05, 0.1) is 11.8 Å². The van der Waals surface area contributed by atoms with Crippen LogP contribution in [0.15, 0.2) is 12.7 Å². The largest absolute Gasteiger partial charge is 0.392 e. The van der Waals surface area contributed by atoms with Crippen molar-refractivity contribution in [2.24, 2.45) is 29.1 Å². The van der Waals surface area contributed by atoms with Crippen LogP contribution in [0.4, 0.5) is 5.13 Å². The molecular formula is C28H42N4O4S. The Hall–Kier alpha value is -2.26. The molecule has 1 saturated carbocycles. The highest BCUT2D eigenvalue weighted by Gasteiger charge is 2.54. The smallest absolute Gasteiger partial charge is 0.229 e. The molecule has 0 unspecified atom stereocenters. The number of piperidine rings is 1. The molecule has 3 aliphatic rings. The van der Waals surface area contributed by atoms with Crippen LogP contribution in [0.1, 0.15) is 69.9 Å². The zero-order valence-electron chi connectivity index (χ0n) is 22.8. The molecule has 6 atom stereocenters. The zero-order chi connectivity index (χ0) is 27.1. The van der Waals surface area contributed by atoms with Crippen molar-refractivity contribution in [2.75, 3.05) is 32.0 Å². The summed E-state index contributed by atoms with van der Waals surface area (Å²) in [5.41, 5.74) is 0.891. The zero-order valence-corrected chi connectivity index (χ0v) is 23.6. The number of aliphatic hydroxyl groups excluding tert-OH is 1. The van der Waals surface area contributed by atoms with Crippen LogP contribution in [0, 0.1) is 29.1 Å². The summed E-state index contributed by atoms with van der Waals surface area (Å²) in [7, 11) is 1.78. The molecule has 2 aliphatic carbocycles. The van der Waals surface area contributed by atoms with Crippen LogP contribution in [0.3, 0.4) is 0 Å². The number of rotatable bonds is 6. The lowest BCUT2D eigenvalue weighted by atomic mass is 9.53. The van der Waals surface area contributed by atoms with E-state index in [2.05, 4.69) is 25.7 Å². The Morgan fingerprint density at radius 1 is 1.32 bits per heavy atom. The van der Waals surface area contributed by atoms with Crippen molar-refractivity contribution in [3.8, 4) is 0 Å². The van der Waals surface area contributed by atoms with Crippen LogP contribution >= 0.6 is 11.3 Å². The normalized spacial score (nSPS) is 30.6. The highest BCUT2D eigenvalue weighted by Crippen LogP contribution is 2.57. The number of hydrogen-bond donors (Lipinski definition) is 2. The summed E-state index contributed by atoms with van der Waals surface area (Å²) in [5.74, 6) is -0.373. The Bertz CT molecular complexity index is 1050. The van der Waals surface area contributed by atoms with E-state index < -0.39 is 6.10 Å². The van der Waals surface area contributed by atoms with Crippen molar-refractivity contribution in [2.45, 2.75) is 71.8 Å². The fraction of sp³-hybridized carbons (Fsp3) is 0.714. The number of carbonyl (C=O) groups is 3. The predicted octanol–water partition coefficient (Wildman–Crippen LogP) is 3.67. The number of nitrogens with one attached hydrogen (secondary N) is 1. The molecule has 37 heavy (non-hydrogen) atoms. The number of aliphatic hydroxyl groups is 1. The van der Waals surface area contributed by atoms with Gasteiger partial charge in [0.2, 0.25) is 17.7 Å². The molecule has 1 aromatic rings. The van der Waals surface area contributed by atoms with Gasteiger partial charge in [-0.2, -0.15) is 0 Å². The molecule has 1 saturated heterocycles. The molecule has 2 heterocycles. The minimum atomic E-state index is -0.593. The number of amides is 3. The number of likely N-dealkylation sites (tertiary alicyclic amines) is 1. The van der Waals surface area contributed by atoms with Gasteiger partial charge >= 0.3 is 0 Å². The molecule has 204 valence electrons. The lowest BCUT2D eigenvalue weighted by Crippen LogP contribution is -2.53. The molecule has 1 aliphatic heterocycles. The molecule has 0 aromatic carbocycles. The van der Waals surface area contributed by atoms with Gasteiger partial charge in [-0.15, -0.1) is 17.9 Å². The van der Waals surface area contributed by atoms with E-state index in [0.29, 0.717) is 37.6 Å². The number of thiazole rings is 1. The third kappa shape index (κ3) is 5.35. The maximum atomic E-state index is 13.0. The van der Waals surface area contributed by atoms with E-state index in [1.165, 1.54) is 4.88 Å². The molecule has 3 amide bonds. The van der Waals surface area contributed by atoms with E-state index in [4.69, 9.17) is 4.98 Å². The Balaban J connectivity index is 1.47. The van der Waals surface area contributed by atoms with E-state index in [0.717, 1.165) is 25.0 Å². The van der Waals surface area contributed by atoms with E-state index in [1.54, 1.807) is 41.2 Å². The third-order valence-corrected chi connectivity index (χ3v) is 10.3. The number of carbonyl (C=O) groups excluding carboxylic acids is 3. The Labute approximate surface area is 224 Å². The molecule has 0 radical (unpaired) electrons. The van der Waals surface area contributed by atoms with Gasteiger partial charge in [-0.3, -0.25) is 14.4 Å². The Kier molecular flexibility index (Phi) is 8.14. The first kappa shape index (κ1) is 27.8. The minimum Gasteiger partial charge on any atom is -0.392 e. The maximum Gasteiger partial charge on any atom is 0.229 e. The van der Waals surface area contributed by atoms with Gasteiger partial charge in [0, 0.05) is 56.2 Å². The first-order chi connectivity index (χ1) is 17.5. The maximum absolute atomic E-state index is 13.0. The number of likely N-dealkylation sites (N-methyl/N-ethyl adjacent to an activating group) is 1. The average Bonchev–Trinajstić information content (AvgIpc) is 3.25. The van der Waals surface area contributed by atoms with Gasteiger partial charge in [0.1, 0.15) is 0 Å². The lowest BCUT2D eigenvalue weighted by molar-refractivity contribution is -0.143. The second-order valence-corrected chi connectivity index (χ2v) is 12.8. The molecule has 1 aromatic heterocycles. The third-order valence-electron chi connectivity index (χ3n) is 9.27. The van der Waals surface area contributed by atoms with Crippen LogP contribution in [0.5, 0.6) is 0 Å². The van der Waals surface area contributed by atoms with Crippen molar-refractivity contribution in [1.82, 2.24) is 14.8 Å². The summed E-state index contributed by atoms with van der Waals surface area (Å²) >= 11 is 1.55.